The monoisotopic (exact) mass is 387 g/mol. The molecular weight excluding hydrogens is 346 g/mol. The quantitative estimate of drug-likeness (QED) is 0.383. The van der Waals surface area contributed by atoms with Gasteiger partial charge in [0, 0.05) is 24.7 Å². The van der Waals surface area contributed by atoms with Crippen molar-refractivity contribution >= 4 is 23.0 Å². The molecular formula is C24H41N3O. The summed E-state index contributed by atoms with van der Waals surface area (Å²) in [7, 11) is 2.09. The number of carbonyl (C=O) groups is 1. The third-order valence-electron chi connectivity index (χ3n) is 6.49. The van der Waals surface area contributed by atoms with Gasteiger partial charge in [-0.3, -0.25) is 4.79 Å². The lowest BCUT2D eigenvalue weighted by atomic mass is 9.85. The first-order valence-corrected chi connectivity index (χ1v) is 11.1. The fraction of sp³-hybridized carbons (Fsp3) is 0.708. The van der Waals surface area contributed by atoms with Gasteiger partial charge < -0.3 is 16.0 Å². The number of benzene rings is 1. The van der Waals surface area contributed by atoms with E-state index in [4.69, 9.17) is 5.73 Å². The summed E-state index contributed by atoms with van der Waals surface area (Å²) < 4.78 is 0. The number of nitrogens with one attached hydrogen (secondary N) is 1. The van der Waals surface area contributed by atoms with E-state index in [1.165, 1.54) is 49.7 Å². The van der Waals surface area contributed by atoms with Gasteiger partial charge in [-0.25, -0.2) is 0 Å². The summed E-state index contributed by atoms with van der Waals surface area (Å²) in [6, 6.07) is 0. The Morgan fingerprint density at radius 1 is 1.07 bits per heavy atom. The molecule has 3 N–H and O–H groups in total. The van der Waals surface area contributed by atoms with Crippen molar-refractivity contribution in [2.24, 2.45) is 5.41 Å². The molecule has 2 rings (SSSR count). The molecule has 0 aliphatic carbocycles. The largest absolute Gasteiger partial charge is 0.397 e. The van der Waals surface area contributed by atoms with Gasteiger partial charge in [0.25, 0.3) is 0 Å². The Kier molecular flexibility index (Phi) is 7.79. The molecule has 4 heteroatoms. The molecule has 1 aliphatic rings. The van der Waals surface area contributed by atoms with Crippen LogP contribution < -0.4 is 16.0 Å². The number of fused-ring (bicyclic) bond motifs is 1. The lowest BCUT2D eigenvalue weighted by Gasteiger charge is -2.26. The molecule has 0 atom stereocenters. The minimum Gasteiger partial charge on any atom is -0.397 e. The summed E-state index contributed by atoms with van der Waals surface area (Å²) in [6.45, 7) is 11.5. The molecule has 0 radical (unpaired) electrons. The third kappa shape index (κ3) is 5.01. The molecule has 0 fully saturated rings. The zero-order valence-electron chi connectivity index (χ0n) is 19.0. The van der Waals surface area contributed by atoms with Crippen LogP contribution in [0, 0.1) is 19.3 Å². The fourth-order valence-electron chi connectivity index (χ4n) is 4.33. The second-order valence-corrected chi connectivity index (χ2v) is 9.25. The molecule has 1 aromatic rings. The summed E-state index contributed by atoms with van der Waals surface area (Å²) in [4.78, 5) is 15.3. The number of rotatable bonds is 10. The minimum atomic E-state index is -0.368. The van der Waals surface area contributed by atoms with Crippen LogP contribution in [0.3, 0.4) is 0 Å². The second-order valence-electron chi connectivity index (χ2n) is 9.25. The Morgan fingerprint density at radius 3 is 2.32 bits per heavy atom. The molecule has 28 heavy (non-hydrogen) atoms. The van der Waals surface area contributed by atoms with E-state index in [9.17, 15) is 4.79 Å². The van der Waals surface area contributed by atoms with Gasteiger partial charge in [-0.05, 0) is 43.4 Å². The maximum Gasteiger partial charge on any atom is 0.230 e. The van der Waals surface area contributed by atoms with Crippen LogP contribution in [-0.2, 0) is 11.2 Å². The third-order valence-corrected chi connectivity index (χ3v) is 6.49. The molecule has 0 saturated heterocycles. The highest BCUT2D eigenvalue weighted by Crippen LogP contribution is 2.42. The highest BCUT2D eigenvalue weighted by atomic mass is 16.2. The Hall–Kier alpha value is -1.71. The number of nitrogens with two attached hydrogens (primary N) is 1. The van der Waals surface area contributed by atoms with Gasteiger partial charge in [-0.1, -0.05) is 65.7 Å². The Morgan fingerprint density at radius 2 is 1.68 bits per heavy atom. The van der Waals surface area contributed by atoms with Crippen LogP contribution in [0.25, 0.3) is 0 Å². The summed E-state index contributed by atoms with van der Waals surface area (Å²) in [6.07, 6.45) is 10.8. The number of anilines is 3. The van der Waals surface area contributed by atoms with Crippen LogP contribution in [0.1, 0.15) is 88.8 Å². The van der Waals surface area contributed by atoms with E-state index >= 15 is 0 Å². The first-order chi connectivity index (χ1) is 13.2. The van der Waals surface area contributed by atoms with Gasteiger partial charge in [0.15, 0.2) is 0 Å². The highest BCUT2D eigenvalue weighted by molar-refractivity contribution is 5.99. The maximum absolute atomic E-state index is 13.1. The van der Waals surface area contributed by atoms with Gasteiger partial charge in [-0.15, -0.1) is 0 Å². The number of nitrogen functional groups attached to an aromatic ring is 1. The van der Waals surface area contributed by atoms with Crippen molar-refractivity contribution in [2.45, 2.75) is 92.4 Å². The second kappa shape index (κ2) is 9.67. The van der Waals surface area contributed by atoms with Crippen molar-refractivity contribution in [3.8, 4) is 0 Å². The SMILES string of the molecule is CCCCCCCCCC(C)(C)C(=O)Nc1c(C)c(N)c2c(c1C)CCN2C. The van der Waals surface area contributed by atoms with Gasteiger partial charge in [-0.2, -0.15) is 0 Å². The number of unbranched alkanes of at least 4 members (excludes halogenated alkanes) is 6. The maximum atomic E-state index is 13.1. The van der Waals surface area contributed by atoms with Crippen LogP contribution in [0.5, 0.6) is 0 Å². The van der Waals surface area contributed by atoms with Gasteiger partial charge in [0.05, 0.1) is 11.4 Å². The van der Waals surface area contributed by atoms with Crippen molar-refractivity contribution in [1.29, 1.82) is 0 Å². The van der Waals surface area contributed by atoms with E-state index in [1.54, 1.807) is 0 Å². The first-order valence-electron chi connectivity index (χ1n) is 11.1. The van der Waals surface area contributed by atoms with E-state index in [-0.39, 0.29) is 11.3 Å². The minimum absolute atomic E-state index is 0.107. The molecule has 0 bridgehead atoms. The summed E-state index contributed by atoms with van der Waals surface area (Å²) in [5.74, 6) is 0.107. The van der Waals surface area contributed by atoms with E-state index in [0.717, 1.165) is 48.4 Å². The molecule has 0 aromatic heterocycles. The first kappa shape index (κ1) is 22.6. The average molecular weight is 388 g/mol. The van der Waals surface area contributed by atoms with Crippen LogP contribution >= 0.6 is 0 Å². The van der Waals surface area contributed by atoms with Crippen molar-refractivity contribution in [1.82, 2.24) is 0 Å². The molecule has 1 aliphatic heterocycles. The van der Waals surface area contributed by atoms with Gasteiger partial charge >= 0.3 is 0 Å². The Labute approximate surface area is 172 Å². The molecule has 0 spiro atoms. The van der Waals surface area contributed by atoms with Crippen molar-refractivity contribution in [2.75, 3.05) is 29.5 Å². The Bertz CT molecular complexity index is 694. The van der Waals surface area contributed by atoms with E-state index in [2.05, 4.69) is 45.0 Å². The van der Waals surface area contributed by atoms with E-state index in [1.807, 2.05) is 6.92 Å². The van der Waals surface area contributed by atoms with Crippen LogP contribution in [-0.4, -0.2) is 19.5 Å². The molecule has 1 amide bonds. The van der Waals surface area contributed by atoms with E-state index in [0.29, 0.717) is 0 Å². The summed E-state index contributed by atoms with van der Waals surface area (Å²) >= 11 is 0. The van der Waals surface area contributed by atoms with Gasteiger partial charge in [0.1, 0.15) is 0 Å². The predicted molar refractivity (Wildman–Crippen MR) is 122 cm³/mol. The normalized spacial score (nSPS) is 13.7. The topological polar surface area (TPSA) is 58.4 Å². The molecule has 0 saturated carbocycles. The summed E-state index contributed by atoms with van der Waals surface area (Å²) in [5, 5.41) is 3.24. The van der Waals surface area contributed by atoms with Crippen molar-refractivity contribution < 1.29 is 4.79 Å². The van der Waals surface area contributed by atoms with Crippen LogP contribution in [0.4, 0.5) is 17.1 Å². The molecule has 4 nitrogen and oxygen atoms in total. The van der Waals surface area contributed by atoms with Crippen LogP contribution in [0.2, 0.25) is 0 Å². The number of amides is 1. The Balaban J connectivity index is 1.99. The molecule has 1 aromatic carbocycles. The van der Waals surface area contributed by atoms with Crippen molar-refractivity contribution in [3.05, 3.63) is 16.7 Å². The number of carbonyl (C=O) groups excluding carboxylic acids is 1. The fourth-order valence-corrected chi connectivity index (χ4v) is 4.33. The highest BCUT2D eigenvalue weighted by Gasteiger charge is 2.30. The molecule has 0 unspecified atom stereocenters. The predicted octanol–water partition coefficient (Wildman–Crippen LogP) is 5.98. The van der Waals surface area contributed by atoms with Gasteiger partial charge in [0.2, 0.25) is 5.91 Å². The average Bonchev–Trinajstić information content (AvgIpc) is 3.04. The number of likely N-dealkylation sites (N-methyl/N-ethyl adjacent to an activating group) is 1. The number of nitrogens with zero attached hydrogens (tertiary/aromatic N) is 1. The van der Waals surface area contributed by atoms with Crippen LogP contribution in [0.15, 0.2) is 0 Å². The lowest BCUT2D eigenvalue weighted by Crippen LogP contribution is -2.31. The zero-order valence-corrected chi connectivity index (χ0v) is 19.0. The molecule has 158 valence electrons. The lowest BCUT2D eigenvalue weighted by molar-refractivity contribution is -0.124. The number of hydrogen-bond donors (Lipinski definition) is 2. The zero-order chi connectivity index (χ0) is 20.9. The summed E-state index contributed by atoms with van der Waals surface area (Å²) in [5.41, 5.74) is 12.4. The van der Waals surface area contributed by atoms with Crippen molar-refractivity contribution in [3.63, 3.8) is 0 Å². The van der Waals surface area contributed by atoms with E-state index < -0.39 is 0 Å². The standard InChI is InChI=1S/C24H41N3O/c1-7-8-9-10-11-12-13-15-24(4,5)23(28)26-21-17(2)19-14-16-27(6)22(19)20(25)18(21)3/h7-16,25H2,1-6H3,(H,26,28). The molecule has 1 heterocycles. The number of hydrogen-bond acceptors (Lipinski definition) is 3. The smallest absolute Gasteiger partial charge is 0.230 e.